The van der Waals surface area contributed by atoms with E-state index < -0.39 is 11.7 Å². The molecule has 0 fully saturated rings. The first-order valence-corrected chi connectivity index (χ1v) is 12.3. The van der Waals surface area contributed by atoms with E-state index in [0.717, 1.165) is 23.4 Å². The van der Waals surface area contributed by atoms with E-state index in [-0.39, 0.29) is 25.2 Å². The third kappa shape index (κ3) is 5.96. The molecule has 3 N–H and O–H groups in total. The van der Waals surface area contributed by atoms with Crippen LogP contribution in [0.5, 0.6) is 0 Å². The first-order valence-electron chi connectivity index (χ1n) is 12.3. The molecule has 1 unspecified atom stereocenters. The Morgan fingerprint density at radius 3 is 2.78 bits per heavy atom. The van der Waals surface area contributed by atoms with Gasteiger partial charge >= 0.3 is 6.09 Å². The zero-order valence-corrected chi connectivity index (χ0v) is 21.2. The predicted octanol–water partition coefficient (Wildman–Crippen LogP) is 2.32. The van der Waals surface area contributed by atoms with Crippen LogP contribution in [0.15, 0.2) is 36.7 Å². The lowest BCUT2D eigenvalue weighted by Crippen LogP contribution is -2.44. The summed E-state index contributed by atoms with van der Waals surface area (Å²) in [4.78, 5) is 38.3. The summed E-state index contributed by atoms with van der Waals surface area (Å²) < 4.78 is 5.53. The Morgan fingerprint density at radius 1 is 1.19 bits per heavy atom. The van der Waals surface area contributed by atoms with Gasteiger partial charge in [0.25, 0.3) is 0 Å². The van der Waals surface area contributed by atoms with Crippen LogP contribution in [0.4, 0.5) is 16.4 Å². The number of aromatic nitrogens is 5. The number of carbonyl (C=O) groups excluding carboxylic acids is 2. The fourth-order valence-electron chi connectivity index (χ4n) is 4.36. The van der Waals surface area contributed by atoms with Crippen LogP contribution >= 0.6 is 0 Å². The van der Waals surface area contributed by atoms with Crippen molar-refractivity contribution in [2.45, 2.75) is 58.5 Å². The summed E-state index contributed by atoms with van der Waals surface area (Å²) in [5.74, 6) is 0.327. The monoisotopic (exact) mass is 505 g/mol. The molecule has 12 heteroatoms. The zero-order valence-electron chi connectivity index (χ0n) is 21.2. The Hall–Kier alpha value is -4.22. The van der Waals surface area contributed by atoms with Gasteiger partial charge in [0.05, 0.1) is 24.1 Å². The maximum Gasteiger partial charge on any atom is 0.410 e. The van der Waals surface area contributed by atoms with E-state index >= 15 is 0 Å². The number of H-pyrrole nitrogens is 1. The van der Waals surface area contributed by atoms with Gasteiger partial charge in [-0.15, -0.1) is 0 Å². The van der Waals surface area contributed by atoms with E-state index in [9.17, 15) is 9.59 Å². The molecule has 0 radical (unpaired) electrons. The van der Waals surface area contributed by atoms with Gasteiger partial charge in [0.1, 0.15) is 18.3 Å². The second-order valence-electron chi connectivity index (χ2n) is 10.2. The molecule has 4 heterocycles. The van der Waals surface area contributed by atoms with Crippen LogP contribution in [0.1, 0.15) is 43.3 Å². The minimum atomic E-state index is -0.676. The van der Waals surface area contributed by atoms with E-state index in [1.807, 2.05) is 12.1 Å². The fraction of sp³-hybridized carbons (Fsp3) is 0.440. The average molecular weight is 506 g/mol. The van der Waals surface area contributed by atoms with Crippen molar-refractivity contribution < 1.29 is 14.3 Å². The molecule has 2 amide bonds. The molecule has 12 nitrogen and oxygen atoms in total. The molecule has 3 aromatic rings. The van der Waals surface area contributed by atoms with Gasteiger partial charge in [0.15, 0.2) is 0 Å². The first-order chi connectivity index (χ1) is 17.7. The molecule has 2 aromatic heterocycles. The van der Waals surface area contributed by atoms with Crippen molar-refractivity contribution in [1.82, 2.24) is 35.2 Å². The third-order valence-electron chi connectivity index (χ3n) is 6.16. The van der Waals surface area contributed by atoms with Crippen molar-refractivity contribution >= 4 is 23.6 Å². The Balaban J connectivity index is 1.20. The lowest BCUT2D eigenvalue weighted by molar-refractivity contribution is -0.133. The van der Waals surface area contributed by atoms with Crippen LogP contribution in [0, 0.1) is 0 Å². The van der Waals surface area contributed by atoms with Crippen LogP contribution in [0.2, 0.25) is 0 Å². The molecule has 2 aliphatic heterocycles. The molecule has 1 aromatic carbocycles. The summed E-state index contributed by atoms with van der Waals surface area (Å²) >= 11 is 0. The summed E-state index contributed by atoms with van der Waals surface area (Å²) in [5.41, 5.74) is 4.07. The topological polar surface area (TPSA) is 141 Å². The minimum absolute atomic E-state index is 0.00157. The number of aromatic amines is 1. The normalized spacial score (nSPS) is 16.1. The van der Waals surface area contributed by atoms with E-state index in [4.69, 9.17) is 4.74 Å². The predicted molar refractivity (Wildman–Crippen MR) is 135 cm³/mol. The van der Waals surface area contributed by atoms with Gasteiger partial charge in [-0.25, -0.2) is 14.8 Å². The summed E-state index contributed by atoms with van der Waals surface area (Å²) in [6.45, 7) is 6.31. The number of nitrogens with one attached hydrogen (secondary N) is 3. The molecule has 0 aliphatic carbocycles. The molecule has 1 atom stereocenters. The number of fused-ring (bicyclic) bond motifs is 2. The number of hydrogen-bond donors (Lipinski definition) is 3. The summed E-state index contributed by atoms with van der Waals surface area (Å²) in [7, 11) is 0. The molecule has 0 saturated carbocycles. The number of para-hydroxylation sites is 1. The zero-order chi connectivity index (χ0) is 26.0. The first kappa shape index (κ1) is 24.5. The van der Waals surface area contributed by atoms with Crippen LogP contribution in [0.3, 0.4) is 0 Å². The Labute approximate surface area is 214 Å². The van der Waals surface area contributed by atoms with E-state index in [1.54, 1.807) is 38.1 Å². The van der Waals surface area contributed by atoms with Crippen LogP contribution in [-0.4, -0.2) is 72.0 Å². The van der Waals surface area contributed by atoms with Crippen LogP contribution < -0.4 is 10.6 Å². The van der Waals surface area contributed by atoms with E-state index in [0.29, 0.717) is 31.2 Å². The summed E-state index contributed by atoms with van der Waals surface area (Å²) in [5, 5.41) is 17.1. The number of anilines is 2. The minimum Gasteiger partial charge on any atom is -0.444 e. The van der Waals surface area contributed by atoms with Crippen LogP contribution in [-0.2, 0) is 35.5 Å². The number of rotatable bonds is 7. The number of ether oxygens (including phenoxy) is 1. The van der Waals surface area contributed by atoms with Crippen molar-refractivity contribution in [2.24, 2.45) is 0 Å². The van der Waals surface area contributed by atoms with Crippen molar-refractivity contribution in [3.63, 3.8) is 0 Å². The highest BCUT2D eigenvalue weighted by Gasteiger charge is 2.30. The Bertz CT molecular complexity index is 1250. The Kier molecular flexibility index (Phi) is 6.64. The van der Waals surface area contributed by atoms with Gasteiger partial charge < -0.3 is 20.3 Å². The second kappa shape index (κ2) is 10.0. The number of benzene rings is 1. The quantitative estimate of drug-likeness (QED) is 0.441. The molecule has 0 bridgehead atoms. The highest BCUT2D eigenvalue weighted by Crippen LogP contribution is 2.26. The summed E-state index contributed by atoms with van der Waals surface area (Å²) in [6.07, 6.45) is 4.09. The second-order valence-corrected chi connectivity index (χ2v) is 10.2. The molecule has 5 rings (SSSR count). The van der Waals surface area contributed by atoms with Crippen molar-refractivity contribution in [2.75, 3.05) is 23.7 Å². The van der Waals surface area contributed by atoms with Gasteiger partial charge in [0.2, 0.25) is 11.9 Å². The number of nitrogens with zero attached hydrogens (tertiary/aromatic N) is 6. The van der Waals surface area contributed by atoms with Crippen molar-refractivity contribution in [1.29, 1.82) is 0 Å². The highest BCUT2D eigenvalue weighted by molar-refractivity contribution is 5.83. The van der Waals surface area contributed by atoms with E-state index in [1.165, 1.54) is 10.5 Å². The SMILES string of the molecule is CC(C)(C)OC(=O)N(CCc1cn[nH]n1)CC(=O)N1Cc2cnc(NC3Cc4ccccc4N3)nc2C1. The number of amides is 2. The van der Waals surface area contributed by atoms with Crippen molar-refractivity contribution in [3.8, 4) is 0 Å². The molecule has 0 saturated heterocycles. The molecule has 37 heavy (non-hydrogen) atoms. The Morgan fingerprint density at radius 2 is 2.03 bits per heavy atom. The van der Waals surface area contributed by atoms with Crippen molar-refractivity contribution in [3.05, 3.63) is 59.2 Å². The fourth-order valence-corrected chi connectivity index (χ4v) is 4.36. The molecular weight excluding hydrogens is 474 g/mol. The molecule has 2 aliphatic rings. The van der Waals surface area contributed by atoms with Gasteiger partial charge in [-0.3, -0.25) is 9.69 Å². The van der Waals surface area contributed by atoms with Gasteiger partial charge in [-0.05, 0) is 32.4 Å². The number of hydrogen-bond acceptors (Lipinski definition) is 9. The van der Waals surface area contributed by atoms with Gasteiger partial charge in [-0.1, -0.05) is 18.2 Å². The average Bonchev–Trinajstić information content (AvgIpc) is 3.59. The van der Waals surface area contributed by atoms with Gasteiger partial charge in [0, 0.05) is 43.4 Å². The molecule has 194 valence electrons. The van der Waals surface area contributed by atoms with Crippen LogP contribution in [0.25, 0.3) is 0 Å². The third-order valence-corrected chi connectivity index (χ3v) is 6.16. The maximum absolute atomic E-state index is 13.2. The van der Waals surface area contributed by atoms with Gasteiger partial charge in [-0.2, -0.15) is 15.4 Å². The lowest BCUT2D eigenvalue weighted by Gasteiger charge is -2.28. The van der Waals surface area contributed by atoms with E-state index in [2.05, 4.69) is 48.1 Å². The largest absolute Gasteiger partial charge is 0.444 e. The standard InChI is InChI=1S/C25H31N9O3/c1-25(2,3)37-24(36)33(9-8-18-12-27-32-31-18)15-22(35)34-13-17-11-26-23(29-20(17)14-34)30-21-10-16-6-4-5-7-19(16)28-21/h4-7,11-12,21,28H,8-10,13-15H2,1-3H3,(H,26,29,30)(H,27,31,32). The smallest absolute Gasteiger partial charge is 0.410 e. The number of carbonyl (C=O) groups is 2. The molecule has 0 spiro atoms. The molecular formula is C25H31N9O3. The summed E-state index contributed by atoms with van der Waals surface area (Å²) in [6, 6.07) is 8.18. The lowest BCUT2D eigenvalue weighted by atomic mass is 10.1. The highest BCUT2D eigenvalue weighted by atomic mass is 16.6. The maximum atomic E-state index is 13.2.